The van der Waals surface area contributed by atoms with Crippen LogP contribution in [0.1, 0.15) is 58.6 Å². The van der Waals surface area contributed by atoms with E-state index in [2.05, 4.69) is 63.6 Å². The second-order valence-electron chi connectivity index (χ2n) is 11.7. The Labute approximate surface area is 224 Å². The van der Waals surface area contributed by atoms with E-state index in [1.54, 1.807) is 0 Å². The number of hydrazine groups is 1. The molecule has 0 aromatic heterocycles. The first-order valence-electron chi connectivity index (χ1n) is 13.3. The van der Waals surface area contributed by atoms with Crippen molar-refractivity contribution in [3.8, 4) is 0 Å². The number of hydrogen-bond acceptors (Lipinski definition) is 4. The fourth-order valence-electron chi connectivity index (χ4n) is 4.25. The van der Waals surface area contributed by atoms with Crippen molar-refractivity contribution in [1.29, 1.82) is 0 Å². The summed E-state index contributed by atoms with van der Waals surface area (Å²) in [6, 6.07) is 20.4. The first-order chi connectivity index (χ1) is 17.5. The molecule has 1 fully saturated rings. The lowest BCUT2D eigenvalue weighted by Gasteiger charge is -2.41. The molecule has 1 N–H and O–H groups in total. The van der Waals surface area contributed by atoms with E-state index in [-0.39, 0.29) is 29.2 Å². The van der Waals surface area contributed by atoms with Crippen LogP contribution in [0.4, 0.5) is 0 Å². The van der Waals surface area contributed by atoms with Gasteiger partial charge >= 0.3 is 0 Å². The summed E-state index contributed by atoms with van der Waals surface area (Å²) in [6.07, 6.45) is 0.589. The third kappa shape index (κ3) is 8.60. The second-order valence-corrected chi connectivity index (χ2v) is 16.5. The van der Waals surface area contributed by atoms with E-state index >= 15 is 0 Å². The van der Waals surface area contributed by atoms with Crippen molar-refractivity contribution in [3.63, 3.8) is 0 Å². The van der Waals surface area contributed by atoms with E-state index < -0.39 is 8.32 Å². The Balaban J connectivity index is 1.86. The average molecular weight is 526 g/mol. The van der Waals surface area contributed by atoms with Crippen LogP contribution in [0, 0.1) is 0 Å². The maximum atomic E-state index is 12.3. The molecule has 6 nitrogen and oxygen atoms in total. The smallest absolute Gasteiger partial charge is 0.281 e. The standard InChI is InChI=1S/C30H44N2O4Si/c1-23(2)32-26(19-29(33)31-32)18-27(35-21-25-16-12-9-13-17-25)28(36-37(6,7)30(3,4)5)22-34-20-24-14-10-8-11-15-24/h8-17,26-28H,18-22H2,1-7H3/p+1/t26-,27+,28-/m1/s1. The Morgan fingerprint density at radius 2 is 1.54 bits per heavy atom. The molecule has 3 rings (SSSR count). The summed E-state index contributed by atoms with van der Waals surface area (Å²) in [6.45, 7) is 16.7. The summed E-state index contributed by atoms with van der Waals surface area (Å²) in [7, 11) is -2.14. The lowest BCUT2D eigenvalue weighted by molar-refractivity contribution is -0.596. The zero-order valence-electron chi connectivity index (χ0n) is 23.6. The van der Waals surface area contributed by atoms with Crippen LogP contribution in [-0.4, -0.2) is 49.5 Å². The van der Waals surface area contributed by atoms with Gasteiger partial charge in [-0.3, -0.25) is 4.79 Å². The molecular weight excluding hydrogens is 480 g/mol. The number of benzene rings is 2. The van der Waals surface area contributed by atoms with Crippen LogP contribution in [0.2, 0.25) is 18.1 Å². The third-order valence-corrected chi connectivity index (χ3v) is 11.9. The van der Waals surface area contributed by atoms with Gasteiger partial charge in [-0.1, -0.05) is 81.4 Å². The number of hydrogen-bond donors (Lipinski definition) is 1. The number of carbonyl (C=O) groups excluding carboxylic acids is 1. The molecule has 202 valence electrons. The zero-order chi connectivity index (χ0) is 27.1. The number of nitrogens with zero attached hydrogens (tertiary/aromatic N) is 1. The number of hydrazone groups is 1. The van der Waals surface area contributed by atoms with Crippen LogP contribution >= 0.6 is 0 Å². The normalized spacial score (nSPS) is 18.0. The van der Waals surface area contributed by atoms with Crippen LogP contribution in [0.5, 0.6) is 0 Å². The fraction of sp³-hybridized carbons (Fsp3) is 0.533. The predicted octanol–water partition coefficient (Wildman–Crippen LogP) is 5.87. The van der Waals surface area contributed by atoms with E-state index in [4.69, 9.17) is 13.9 Å². The molecule has 0 spiro atoms. The molecule has 7 heteroatoms. The number of carbonyl (C=O) groups is 1. The molecule has 37 heavy (non-hydrogen) atoms. The van der Waals surface area contributed by atoms with E-state index in [1.165, 1.54) is 0 Å². The van der Waals surface area contributed by atoms with Crippen molar-refractivity contribution in [2.75, 3.05) is 6.61 Å². The molecule has 1 aliphatic heterocycles. The Kier molecular flexibility index (Phi) is 10.2. The van der Waals surface area contributed by atoms with Gasteiger partial charge in [-0.15, -0.1) is 10.1 Å². The first kappa shape index (κ1) is 29.2. The van der Waals surface area contributed by atoms with Gasteiger partial charge in [0.25, 0.3) is 5.91 Å². The minimum absolute atomic E-state index is 0.00193. The Hall–Kier alpha value is -2.32. The Morgan fingerprint density at radius 1 is 0.973 bits per heavy atom. The Morgan fingerprint density at radius 3 is 2.08 bits per heavy atom. The number of ether oxygens (including phenoxy) is 2. The summed E-state index contributed by atoms with van der Waals surface area (Å²) in [4.78, 5) is 12.3. The van der Waals surface area contributed by atoms with Gasteiger partial charge < -0.3 is 13.9 Å². The van der Waals surface area contributed by atoms with E-state index in [9.17, 15) is 4.79 Å². The summed E-state index contributed by atoms with van der Waals surface area (Å²) in [5.41, 5.74) is 6.29. The third-order valence-electron chi connectivity index (χ3n) is 7.38. The molecule has 1 heterocycles. The summed E-state index contributed by atoms with van der Waals surface area (Å²) in [5, 5.41) is 0.0410. The van der Waals surface area contributed by atoms with Crippen molar-refractivity contribution in [1.82, 2.24) is 5.43 Å². The summed E-state index contributed by atoms with van der Waals surface area (Å²) in [5.74, 6) is 0.0372. The number of amides is 1. The highest BCUT2D eigenvalue weighted by atomic mass is 28.4. The van der Waals surface area contributed by atoms with Gasteiger partial charge in [-0.2, -0.15) is 0 Å². The molecule has 0 aliphatic carbocycles. The van der Waals surface area contributed by atoms with Crippen molar-refractivity contribution >= 4 is 19.9 Å². The molecule has 3 atom stereocenters. The van der Waals surface area contributed by atoms with Gasteiger partial charge in [-0.25, -0.2) is 0 Å². The van der Waals surface area contributed by atoms with Crippen molar-refractivity contribution < 1.29 is 23.4 Å². The molecule has 0 bridgehead atoms. The van der Waals surface area contributed by atoms with Gasteiger partial charge in [0.05, 0.1) is 38.4 Å². The van der Waals surface area contributed by atoms with E-state index in [0.29, 0.717) is 32.7 Å². The molecule has 1 saturated heterocycles. The molecule has 2 aromatic rings. The molecule has 1 amide bonds. The summed E-state index contributed by atoms with van der Waals surface area (Å²) >= 11 is 0. The van der Waals surface area contributed by atoms with Gasteiger partial charge in [0.2, 0.25) is 0 Å². The van der Waals surface area contributed by atoms with Crippen LogP contribution in [-0.2, 0) is 31.9 Å². The predicted molar refractivity (Wildman–Crippen MR) is 151 cm³/mol. The minimum Gasteiger partial charge on any atom is -0.409 e. The zero-order valence-corrected chi connectivity index (χ0v) is 24.6. The minimum atomic E-state index is -2.14. The quantitative estimate of drug-likeness (QED) is 0.278. The van der Waals surface area contributed by atoms with Gasteiger partial charge in [0, 0.05) is 20.3 Å². The molecule has 1 aliphatic rings. The maximum absolute atomic E-state index is 12.3. The van der Waals surface area contributed by atoms with Gasteiger partial charge in [0.1, 0.15) is 0 Å². The molecular formula is C30H45N2O4Si+. The molecule has 0 radical (unpaired) electrons. The Bertz CT molecular complexity index is 1030. The highest BCUT2D eigenvalue weighted by molar-refractivity contribution is 6.74. The monoisotopic (exact) mass is 525 g/mol. The van der Waals surface area contributed by atoms with Crippen LogP contribution in [0.25, 0.3) is 0 Å². The SMILES string of the molecule is CC(C)=[N+]1NC(=O)C[C@H]1C[C@H](OCc1ccccc1)[C@@H](COCc1ccccc1)O[Si](C)(C)C(C)(C)C. The van der Waals surface area contributed by atoms with Crippen molar-refractivity contribution in [2.45, 2.75) is 97.1 Å². The van der Waals surface area contributed by atoms with E-state index in [1.807, 2.05) is 54.9 Å². The molecule has 0 unspecified atom stereocenters. The lowest BCUT2D eigenvalue weighted by atomic mass is 10.0. The molecule has 2 aromatic carbocycles. The van der Waals surface area contributed by atoms with Crippen molar-refractivity contribution in [2.24, 2.45) is 0 Å². The number of nitrogens with one attached hydrogen (secondary N) is 1. The van der Waals surface area contributed by atoms with Gasteiger partial charge in [-0.05, 0) is 29.3 Å². The van der Waals surface area contributed by atoms with Crippen LogP contribution in [0.3, 0.4) is 0 Å². The largest absolute Gasteiger partial charge is 0.409 e. The molecule has 0 saturated carbocycles. The van der Waals surface area contributed by atoms with E-state index in [0.717, 1.165) is 16.8 Å². The van der Waals surface area contributed by atoms with Crippen LogP contribution < -0.4 is 5.43 Å². The summed E-state index contributed by atoms with van der Waals surface area (Å²) < 4.78 is 21.8. The topological polar surface area (TPSA) is 59.8 Å². The average Bonchev–Trinajstić information content (AvgIpc) is 3.22. The first-order valence-corrected chi connectivity index (χ1v) is 16.2. The number of rotatable bonds is 12. The second kappa shape index (κ2) is 13.0. The van der Waals surface area contributed by atoms with Crippen molar-refractivity contribution in [3.05, 3.63) is 71.8 Å². The fourth-order valence-corrected chi connectivity index (χ4v) is 5.58. The van der Waals surface area contributed by atoms with Gasteiger partial charge in [0.15, 0.2) is 20.1 Å². The highest BCUT2D eigenvalue weighted by Crippen LogP contribution is 2.38. The van der Waals surface area contributed by atoms with Crippen LogP contribution in [0.15, 0.2) is 60.7 Å². The highest BCUT2D eigenvalue weighted by Gasteiger charge is 2.44. The maximum Gasteiger partial charge on any atom is 0.281 e. The lowest BCUT2D eigenvalue weighted by Crippen LogP contribution is -2.50.